The van der Waals surface area contributed by atoms with Crippen LogP contribution >= 0.6 is 11.6 Å². The van der Waals surface area contributed by atoms with E-state index in [1.807, 2.05) is 55.5 Å². The van der Waals surface area contributed by atoms with Crippen molar-refractivity contribution in [1.82, 2.24) is 10.2 Å². The molecule has 0 fully saturated rings. The van der Waals surface area contributed by atoms with Crippen LogP contribution in [0.2, 0.25) is 5.02 Å². The molecule has 4 heteroatoms. The molecule has 0 aliphatic rings. The molecule has 20 heavy (non-hydrogen) atoms. The normalized spacial score (nSPS) is 10.7. The monoisotopic (exact) mass is 284 g/mol. The van der Waals surface area contributed by atoms with E-state index in [9.17, 15) is 0 Å². The maximum atomic E-state index is 5.86. The smallest absolute Gasteiger partial charge is 0.248 e. The summed E-state index contributed by atoms with van der Waals surface area (Å²) in [6, 6.07) is 15.6. The summed E-state index contributed by atoms with van der Waals surface area (Å²) in [5, 5.41) is 8.94. The van der Waals surface area contributed by atoms with Crippen LogP contribution in [0.15, 0.2) is 52.9 Å². The zero-order valence-corrected chi connectivity index (χ0v) is 11.8. The zero-order chi connectivity index (χ0) is 13.9. The third kappa shape index (κ3) is 2.73. The van der Waals surface area contributed by atoms with E-state index in [1.165, 1.54) is 0 Å². The lowest BCUT2D eigenvalue weighted by molar-refractivity contribution is 0.518. The van der Waals surface area contributed by atoms with Crippen LogP contribution in [0.3, 0.4) is 0 Å². The Labute approximate surface area is 122 Å². The third-order valence-electron chi connectivity index (χ3n) is 3.11. The van der Waals surface area contributed by atoms with Gasteiger partial charge in [0, 0.05) is 10.6 Å². The van der Waals surface area contributed by atoms with Crippen LogP contribution in [0.25, 0.3) is 11.5 Å². The number of aromatic nitrogens is 2. The molecule has 0 aliphatic heterocycles. The van der Waals surface area contributed by atoms with Crippen LogP contribution in [-0.4, -0.2) is 10.2 Å². The summed E-state index contributed by atoms with van der Waals surface area (Å²) < 4.78 is 5.73. The van der Waals surface area contributed by atoms with Crippen LogP contribution in [0, 0.1) is 6.92 Å². The predicted molar refractivity (Wildman–Crippen MR) is 78.7 cm³/mol. The van der Waals surface area contributed by atoms with Crippen molar-refractivity contribution in [1.29, 1.82) is 0 Å². The molecular formula is C16H13ClN2O. The molecule has 100 valence electrons. The van der Waals surface area contributed by atoms with E-state index in [0.29, 0.717) is 18.2 Å². The van der Waals surface area contributed by atoms with Gasteiger partial charge in [0.1, 0.15) is 0 Å². The molecule has 0 aliphatic carbocycles. The third-order valence-corrected chi connectivity index (χ3v) is 3.36. The maximum absolute atomic E-state index is 5.86. The summed E-state index contributed by atoms with van der Waals surface area (Å²) in [5.41, 5.74) is 3.19. The van der Waals surface area contributed by atoms with E-state index in [4.69, 9.17) is 16.0 Å². The minimum atomic E-state index is 0.562. The number of hydrogen-bond acceptors (Lipinski definition) is 3. The lowest BCUT2D eigenvalue weighted by Gasteiger charge is -1.99. The number of halogens is 1. The largest absolute Gasteiger partial charge is 0.420 e. The molecule has 3 nitrogen and oxygen atoms in total. The first-order valence-corrected chi connectivity index (χ1v) is 6.73. The Hall–Kier alpha value is -2.13. The van der Waals surface area contributed by atoms with Crippen molar-refractivity contribution in [2.45, 2.75) is 13.3 Å². The Balaban J connectivity index is 1.84. The molecule has 1 heterocycles. The molecule has 0 radical (unpaired) electrons. The number of benzene rings is 2. The van der Waals surface area contributed by atoms with E-state index in [2.05, 4.69) is 10.2 Å². The minimum absolute atomic E-state index is 0.562. The molecule has 0 N–H and O–H groups in total. The number of nitrogens with zero attached hydrogens (tertiary/aromatic N) is 2. The van der Waals surface area contributed by atoms with Gasteiger partial charge in [-0.15, -0.1) is 10.2 Å². The van der Waals surface area contributed by atoms with Crippen molar-refractivity contribution in [2.75, 3.05) is 0 Å². The standard InChI is InChI=1S/C16H13ClN2O/c1-11-4-2-3-5-14(11)16-19-18-15(20-16)10-12-6-8-13(17)9-7-12/h2-9H,10H2,1H3. The van der Waals surface area contributed by atoms with Crippen molar-refractivity contribution >= 4 is 11.6 Å². The molecule has 0 spiro atoms. The van der Waals surface area contributed by atoms with Crippen LogP contribution in [0.1, 0.15) is 17.0 Å². The van der Waals surface area contributed by atoms with Crippen molar-refractivity contribution in [2.24, 2.45) is 0 Å². The lowest BCUT2D eigenvalue weighted by Crippen LogP contribution is -1.87. The highest BCUT2D eigenvalue weighted by Crippen LogP contribution is 2.22. The van der Waals surface area contributed by atoms with Gasteiger partial charge in [0.15, 0.2) is 0 Å². The summed E-state index contributed by atoms with van der Waals surface area (Å²) in [6.45, 7) is 2.03. The van der Waals surface area contributed by atoms with E-state index in [1.54, 1.807) is 0 Å². The highest BCUT2D eigenvalue weighted by molar-refractivity contribution is 6.30. The van der Waals surface area contributed by atoms with E-state index < -0.39 is 0 Å². The fraction of sp³-hybridized carbons (Fsp3) is 0.125. The van der Waals surface area contributed by atoms with Crippen molar-refractivity contribution in [3.8, 4) is 11.5 Å². The Morgan fingerprint density at radius 2 is 1.75 bits per heavy atom. The van der Waals surface area contributed by atoms with Gasteiger partial charge in [-0.05, 0) is 36.2 Å². The minimum Gasteiger partial charge on any atom is -0.420 e. The first kappa shape index (κ1) is 12.9. The van der Waals surface area contributed by atoms with Crippen molar-refractivity contribution < 1.29 is 4.42 Å². The van der Waals surface area contributed by atoms with Gasteiger partial charge in [0.25, 0.3) is 0 Å². The van der Waals surface area contributed by atoms with E-state index in [0.717, 1.165) is 21.7 Å². The summed E-state index contributed by atoms with van der Waals surface area (Å²) in [6.07, 6.45) is 0.607. The average molecular weight is 285 g/mol. The van der Waals surface area contributed by atoms with Gasteiger partial charge >= 0.3 is 0 Å². The highest BCUT2D eigenvalue weighted by Gasteiger charge is 2.10. The molecule has 0 atom stereocenters. The summed E-state index contributed by atoms with van der Waals surface area (Å²) >= 11 is 5.86. The molecule has 0 saturated heterocycles. The number of hydrogen-bond donors (Lipinski definition) is 0. The van der Waals surface area contributed by atoms with Crippen molar-refractivity contribution in [3.63, 3.8) is 0 Å². The van der Waals surface area contributed by atoms with Gasteiger partial charge < -0.3 is 4.42 Å². The Kier molecular flexibility index (Phi) is 3.52. The van der Waals surface area contributed by atoms with Gasteiger partial charge in [-0.1, -0.05) is 41.9 Å². The molecule has 3 rings (SSSR count). The van der Waals surface area contributed by atoms with Crippen molar-refractivity contribution in [3.05, 3.63) is 70.6 Å². The van der Waals surface area contributed by atoms with Gasteiger partial charge in [-0.25, -0.2) is 0 Å². The first-order valence-electron chi connectivity index (χ1n) is 6.35. The molecule has 0 amide bonds. The SMILES string of the molecule is Cc1ccccc1-c1nnc(Cc2ccc(Cl)cc2)o1. The van der Waals surface area contributed by atoms with E-state index in [-0.39, 0.29) is 0 Å². The van der Waals surface area contributed by atoms with Crippen LogP contribution < -0.4 is 0 Å². The molecule has 3 aromatic rings. The Morgan fingerprint density at radius 1 is 1.00 bits per heavy atom. The number of aryl methyl sites for hydroxylation is 1. The number of rotatable bonds is 3. The fourth-order valence-corrected chi connectivity index (χ4v) is 2.15. The first-order chi connectivity index (χ1) is 9.72. The Morgan fingerprint density at radius 3 is 2.50 bits per heavy atom. The summed E-state index contributed by atoms with van der Waals surface area (Å²) in [5.74, 6) is 1.16. The van der Waals surface area contributed by atoms with Gasteiger partial charge in [-0.2, -0.15) is 0 Å². The van der Waals surface area contributed by atoms with Gasteiger partial charge in [-0.3, -0.25) is 0 Å². The van der Waals surface area contributed by atoms with Gasteiger partial charge in [0.2, 0.25) is 11.8 Å². The predicted octanol–water partition coefficient (Wildman–Crippen LogP) is 4.29. The zero-order valence-electron chi connectivity index (χ0n) is 11.0. The fourth-order valence-electron chi connectivity index (χ4n) is 2.02. The van der Waals surface area contributed by atoms with Crippen LogP contribution in [-0.2, 0) is 6.42 Å². The summed E-state index contributed by atoms with van der Waals surface area (Å²) in [4.78, 5) is 0. The average Bonchev–Trinajstić information content (AvgIpc) is 2.90. The second kappa shape index (κ2) is 5.47. The lowest BCUT2D eigenvalue weighted by atomic mass is 10.1. The van der Waals surface area contributed by atoms with Gasteiger partial charge in [0.05, 0.1) is 6.42 Å². The molecule has 2 aromatic carbocycles. The highest BCUT2D eigenvalue weighted by atomic mass is 35.5. The van der Waals surface area contributed by atoms with E-state index >= 15 is 0 Å². The topological polar surface area (TPSA) is 38.9 Å². The quantitative estimate of drug-likeness (QED) is 0.720. The summed E-state index contributed by atoms with van der Waals surface area (Å²) in [7, 11) is 0. The molecule has 1 aromatic heterocycles. The second-order valence-corrected chi connectivity index (χ2v) is 5.06. The second-order valence-electron chi connectivity index (χ2n) is 4.62. The molecule has 0 bridgehead atoms. The van der Waals surface area contributed by atoms with Crippen LogP contribution in [0.4, 0.5) is 0 Å². The molecule has 0 saturated carbocycles. The molecular weight excluding hydrogens is 272 g/mol. The maximum Gasteiger partial charge on any atom is 0.248 e. The molecule has 0 unspecified atom stereocenters. The Bertz CT molecular complexity index is 719. The van der Waals surface area contributed by atoms with Crippen LogP contribution in [0.5, 0.6) is 0 Å².